The number of aromatic nitrogens is 3. The number of hydrogen-bond donors (Lipinski definition) is 2. The summed E-state index contributed by atoms with van der Waals surface area (Å²) in [5, 5.41) is 3.86. The lowest BCUT2D eigenvalue weighted by atomic mass is 10.1. The molecule has 0 aliphatic heterocycles. The summed E-state index contributed by atoms with van der Waals surface area (Å²) in [6.45, 7) is 2.06. The Bertz CT molecular complexity index is 1440. The van der Waals surface area contributed by atoms with Crippen LogP contribution in [-0.4, -0.2) is 27.2 Å². The summed E-state index contributed by atoms with van der Waals surface area (Å²) in [7, 11) is 0. The summed E-state index contributed by atoms with van der Waals surface area (Å²) >= 11 is 0. The third-order valence-corrected chi connectivity index (χ3v) is 5.20. The number of rotatable bonds is 7. The van der Waals surface area contributed by atoms with Crippen molar-refractivity contribution in [1.82, 2.24) is 14.7 Å². The molecular weight excluding hydrogens is 441 g/mol. The van der Waals surface area contributed by atoms with Gasteiger partial charge in [0.25, 0.3) is 11.5 Å². The number of nitrogens with one attached hydrogen (secondary N) is 1. The topological polar surface area (TPSA) is 127 Å². The van der Waals surface area contributed by atoms with Crippen LogP contribution in [0.3, 0.4) is 0 Å². The van der Waals surface area contributed by atoms with Crippen LogP contribution in [-0.2, 0) is 6.54 Å². The van der Waals surface area contributed by atoms with Crippen LogP contribution < -0.4 is 21.9 Å². The molecule has 10 heteroatoms. The second kappa shape index (κ2) is 9.57. The van der Waals surface area contributed by atoms with E-state index in [4.69, 9.17) is 10.3 Å². The largest absolute Gasteiger partial charge is 0.383 e. The molecule has 0 aliphatic rings. The maximum absolute atomic E-state index is 13.6. The smallest absolute Gasteiger partial charge is 0.330 e. The monoisotopic (exact) mass is 463 g/mol. The minimum absolute atomic E-state index is 0.107. The van der Waals surface area contributed by atoms with Crippen molar-refractivity contribution in [2.24, 2.45) is 0 Å². The van der Waals surface area contributed by atoms with Crippen molar-refractivity contribution in [3.8, 4) is 11.3 Å². The Balaban J connectivity index is 1.74. The van der Waals surface area contributed by atoms with Gasteiger partial charge in [0.1, 0.15) is 17.3 Å². The molecule has 9 nitrogen and oxygen atoms in total. The third-order valence-electron chi connectivity index (χ3n) is 5.20. The zero-order valence-corrected chi connectivity index (χ0v) is 18.3. The lowest BCUT2D eigenvalue weighted by molar-refractivity contribution is 0.0951. The summed E-state index contributed by atoms with van der Waals surface area (Å²) < 4.78 is 20.0. The van der Waals surface area contributed by atoms with E-state index in [2.05, 4.69) is 10.1 Å². The summed E-state index contributed by atoms with van der Waals surface area (Å²) in [4.78, 5) is 42.0. The van der Waals surface area contributed by atoms with Crippen molar-refractivity contribution < 1.29 is 13.7 Å². The first-order valence-corrected chi connectivity index (χ1v) is 10.6. The van der Waals surface area contributed by atoms with Crippen LogP contribution in [0.25, 0.3) is 11.3 Å². The molecule has 2 aromatic carbocycles. The molecule has 174 valence electrons. The quantitative estimate of drug-likeness (QED) is 0.434. The number of halogens is 1. The van der Waals surface area contributed by atoms with Crippen molar-refractivity contribution in [3.05, 3.63) is 98.6 Å². The van der Waals surface area contributed by atoms with Gasteiger partial charge >= 0.3 is 5.69 Å². The highest BCUT2D eigenvalue weighted by Crippen LogP contribution is 2.24. The average Bonchev–Trinajstić information content (AvgIpc) is 3.32. The highest BCUT2D eigenvalue weighted by molar-refractivity contribution is 6.05. The van der Waals surface area contributed by atoms with Crippen molar-refractivity contribution in [1.29, 1.82) is 0 Å². The molecule has 4 aromatic rings. The fraction of sp³-hybridized carbons (Fsp3) is 0.167. The fourth-order valence-corrected chi connectivity index (χ4v) is 3.59. The second-order valence-electron chi connectivity index (χ2n) is 7.61. The molecule has 0 saturated heterocycles. The van der Waals surface area contributed by atoms with E-state index in [1.165, 1.54) is 28.8 Å². The van der Waals surface area contributed by atoms with Gasteiger partial charge in [-0.1, -0.05) is 54.5 Å². The zero-order chi connectivity index (χ0) is 24.2. The van der Waals surface area contributed by atoms with Gasteiger partial charge in [-0.2, -0.15) is 0 Å². The number of carbonyl (C=O) groups is 1. The number of hydrogen-bond acceptors (Lipinski definition) is 6. The van der Waals surface area contributed by atoms with E-state index in [0.717, 1.165) is 10.5 Å². The van der Waals surface area contributed by atoms with Gasteiger partial charge in [-0.25, -0.2) is 9.18 Å². The SMILES string of the molecule is CCCN(C(=O)c1cc(-c2cccc(F)c2)no1)c1c(N)n(Cc2ccccc2)c(=O)[nH]c1=O. The van der Waals surface area contributed by atoms with E-state index in [1.54, 1.807) is 6.07 Å². The van der Waals surface area contributed by atoms with Crippen LogP contribution in [0.2, 0.25) is 0 Å². The second-order valence-corrected chi connectivity index (χ2v) is 7.61. The number of carbonyl (C=O) groups excluding carboxylic acids is 1. The average molecular weight is 463 g/mol. The Labute approximate surface area is 193 Å². The molecule has 3 N–H and O–H groups in total. The Morgan fingerprint density at radius 2 is 1.91 bits per heavy atom. The van der Waals surface area contributed by atoms with Gasteiger partial charge < -0.3 is 10.3 Å². The molecule has 0 saturated carbocycles. The van der Waals surface area contributed by atoms with E-state index in [9.17, 15) is 18.8 Å². The first kappa shape index (κ1) is 22.7. The molecule has 0 spiro atoms. The summed E-state index contributed by atoms with van der Waals surface area (Å²) in [6.07, 6.45) is 0.493. The first-order chi connectivity index (χ1) is 16.4. The first-order valence-electron chi connectivity index (χ1n) is 10.6. The van der Waals surface area contributed by atoms with Crippen LogP contribution >= 0.6 is 0 Å². The Morgan fingerprint density at radius 1 is 1.15 bits per heavy atom. The maximum Gasteiger partial charge on any atom is 0.330 e. The van der Waals surface area contributed by atoms with Gasteiger partial charge in [-0.15, -0.1) is 0 Å². The van der Waals surface area contributed by atoms with Crippen LogP contribution in [0.4, 0.5) is 15.9 Å². The van der Waals surface area contributed by atoms with E-state index in [0.29, 0.717) is 12.0 Å². The molecular formula is C24H22FN5O4. The molecule has 1 amide bonds. The number of H-pyrrole nitrogens is 1. The number of aromatic amines is 1. The van der Waals surface area contributed by atoms with Gasteiger partial charge in [0.2, 0.25) is 5.76 Å². The Hall–Kier alpha value is -4.47. The van der Waals surface area contributed by atoms with Crippen LogP contribution in [0.5, 0.6) is 0 Å². The van der Waals surface area contributed by atoms with Crippen molar-refractivity contribution in [3.63, 3.8) is 0 Å². The Kier molecular flexibility index (Phi) is 6.39. The lowest BCUT2D eigenvalue weighted by Gasteiger charge is -2.23. The Morgan fingerprint density at radius 3 is 2.62 bits per heavy atom. The third kappa shape index (κ3) is 4.51. The van der Waals surface area contributed by atoms with Gasteiger partial charge in [0, 0.05) is 18.2 Å². The van der Waals surface area contributed by atoms with E-state index in [1.807, 2.05) is 37.3 Å². The molecule has 2 heterocycles. The normalized spacial score (nSPS) is 10.9. The predicted octanol–water partition coefficient (Wildman–Crippen LogP) is 3.02. The molecule has 0 unspecified atom stereocenters. The number of benzene rings is 2. The van der Waals surface area contributed by atoms with Gasteiger partial charge in [-0.3, -0.25) is 24.0 Å². The van der Waals surface area contributed by atoms with Crippen molar-refractivity contribution >= 4 is 17.4 Å². The fourth-order valence-electron chi connectivity index (χ4n) is 3.59. The lowest BCUT2D eigenvalue weighted by Crippen LogP contribution is -2.41. The summed E-state index contributed by atoms with van der Waals surface area (Å²) in [6, 6.07) is 16.2. The number of nitrogen functional groups attached to an aromatic ring is 1. The number of amides is 1. The molecule has 4 rings (SSSR count). The van der Waals surface area contributed by atoms with E-state index in [-0.39, 0.29) is 36.0 Å². The standard InChI is InChI=1S/C24H22FN5O4/c1-2-11-29(23(32)19-13-18(28-34-19)16-9-6-10-17(25)12-16)20-21(26)30(24(33)27-22(20)31)14-15-7-4-3-5-8-15/h3-10,12-13H,2,11,14,26H2,1H3,(H,27,31,33). The van der Waals surface area contributed by atoms with Crippen LogP contribution in [0.1, 0.15) is 29.5 Å². The molecule has 0 bridgehead atoms. The molecule has 0 atom stereocenters. The van der Waals surface area contributed by atoms with Gasteiger partial charge in [0.15, 0.2) is 5.69 Å². The molecule has 34 heavy (non-hydrogen) atoms. The van der Waals surface area contributed by atoms with E-state index < -0.39 is 23.0 Å². The van der Waals surface area contributed by atoms with E-state index >= 15 is 0 Å². The van der Waals surface area contributed by atoms with Gasteiger partial charge in [0.05, 0.1) is 6.54 Å². The highest BCUT2D eigenvalue weighted by atomic mass is 19.1. The zero-order valence-electron chi connectivity index (χ0n) is 18.3. The molecule has 2 aromatic heterocycles. The predicted molar refractivity (Wildman–Crippen MR) is 125 cm³/mol. The molecule has 0 radical (unpaired) electrons. The minimum atomic E-state index is -0.793. The minimum Gasteiger partial charge on any atom is -0.383 e. The summed E-state index contributed by atoms with van der Waals surface area (Å²) in [5.41, 5.74) is 6.09. The van der Waals surface area contributed by atoms with Crippen molar-refractivity contribution in [2.45, 2.75) is 19.9 Å². The highest BCUT2D eigenvalue weighted by Gasteiger charge is 2.27. The molecule has 0 fully saturated rings. The van der Waals surface area contributed by atoms with Crippen LogP contribution in [0, 0.1) is 5.82 Å². The number of anilines is 2. The number of nitrogens with zero attached hydrogens (tertiary/aromatic N) is 3. The molecule has 0 aliphatic carbocycles. The van der Waals surface area contributed by atoms with Gasteiger partial charge in [-0.05, 0) is 24.1 Å². The summed E-state index contributed by atoms with van der Waals surface area (Å²) in [5.74, 6) is -1.43. The van der Waals surface area contributed by atoms with Crippen molar-refractivity contribution in [2.75, 3.05) is 17.2 Å². The van der Waals surface area contributed by atoms with Crippen LogP contribution in [0.15, 0.2) is 74.8 Å². The number of nitrogens with two attached hydrogens (primary N) is 1. The maximum atomic E-state index is 13.6.